The third kappa shape index (κ3) is 4.76. The van der Waals surface area contributed by atoms with Gasteiger partial charge < -0.3 is 9.88 Å². The number of carbonyl (C=O) groups excluding carboxylic acids is 2. The monoisotopic (exact) mass is 499 g/mol. The maximum Gasteiger partial charge on any atom is 0.417 e. The lowest BCUT2D eigenvalue weighted by atomic mass is 9.96. The predicted molar refractivity (Wildman–Crippen MR) is 125 cm³/mol. The molecule has 1 saturated heterocycles. The quantitative estimate of drug-likeness (QED) is 0.398. The Bertz CT molecular complexity index is 1360. The fourth-order valence-electron chi connectivity index (χ4n) is 4.18. The highest BCUT2D eigenvalue weighted by molar-refractivity contribution is 7.10. The van der Waals surface area contributed by atoms with Gasteiger partial charge in [0, 0.05) is 24.4 Å². The lowest BCUT2D eigenvalue weighted by molar-refractivity contribution is -0.138. The van der Waals surface area contributed by atoms with Gasteiger partial charge in [-0.05, 0) is 37.1 Å². The van der Waals surface area contributed by atoms with Crippen molar-refractivity contribution < 1.29 is 22.8 Å². The number of nitrogens with one attached hydrogen (secondary N) is 2. The second kappa shape index (κ2) is 9.14. The minimum Gasteiger partial charge on any atom is -0.339 e. The van der Waals surface area contributed by atoms with Crippen LogP contribution in [0.25, 0.3) is 11.0 Å². The number of thiazole rings is 1. The molecule has 1 aliphatic rings. The zero-order valence-electron chi connectivity index (χ0n) is 18.3. The first kappa shape index (κ1) is 23.0. The molecule has 35 heavy (non-hydrogen) atoms. The van der Waals surface area contributed by atoms with E-state index in [2.05, 4.69) is 20.3 Å². The number of halogens is 3. The topological polar surface area (TPSA) is 91.0 Å². The number of alkyl halides is 3. The summed E-state index contributed by atoms with van der Waals surface area (Å²) in [5.74, 6) is -0.657. The van der Waals surface area contributed by atoms with Gasteiger partial charge in [-0.25, -0.2) is 9.97 Å². The van der Waals surface area contributed by atoms with Crippen molar-refractivity contribution in [1.82, 2.24) is 19.9 Å². The molecule has 3 heterocycles. The Morgan fingerprint density at radius 3 is 2.49 bits per heavy atom. The summed E-state index contributed by atoms with van der Waals surface area (Å²) in [5, 5.41) is 5.15. The summed E-state index contributed by atoms with van der Waals surface area (Å²) in [6.07, 6.45) is -3.49. The van der Waals surface area contributed by atoms with Crippen LogP contribution in [0.3, 0.4) is 0 Å². The van der Waals surface area contributed by atoms with E-state index in [1.165, 1.54) is 34.4 Å². The van der Waals surface area contributed by atoms with Crippen molar-refractivity contribution in [3.8, 4) is 0 Å². The zero-order valence-corrected chi connectivity index (χ0v) is 19.1. The Morgan fingerprint density at radius 2 is 1.74 bits per heavy atom. The van der Waals surface area contributed by atoms with Gasteiger partial charge in [-0.15, -0.1) is 11.3 Å². The van der Waals surface area contributed by atoms with E-state index in [0.717, 1.165) is 22.1 Å². The largest absolute Gasteiger partial charge is 0.417 e. The number of H-pyrrole nitrogens is 1. The molecule has 5 rings (SSSR count). The zero-order chi connectivity index (χ0) is 24.6. The van der Waals surface area contributed by atoms with E-state index >= 15 is 0 Å². The number of nitrogens with zero attached hydrogens (tertiary/aromatic N) is 3. The molecule has 1 aliphatic heterocycles. The maximum atomic E-state index is 13.3. The van der Waals surface area contributed by atoms with Gasteiger partial charge in [-0.1, -0.05) is 24.3 Å². The van der Waals surface area contributed by atoms with Gasteiger partial charge in [0.25, 0.3) is 11.8 Å². The van der Waals surface area contributed by atoms with Gasteiger partial charge in [0.15, 0.2) is 0 Å². The smallest absolute Gasteiger partial charge is 0.339 e. The number of carbonyl (C=O) groups is 2. The van der Waals surface area contributed by atoms with Crippen LogP contribution in [-0.2, 0) is 6.18 Å². The van der Waals surface area contributed by atoms with Crippen molar-refractivity contribution in [3.63, 3.8) is 0 Å². The van der Waals surface area contributed by atoms with Crippen molar-refractivity contribution in [2.45, 2.75) is 24.9 Å². The third-order valence-electron chi connectivity index (χ3n) is 5.97. The summed E-state index contributed by atoms with van der Waals surface area (Å²) in [4.78, 5) is 38.7. The summed E-state index contributed by atoms with van der Waals surface area (Å²) < 4.78 is 39.9. The fourth-order valence-corrected chi connectivity index (χ4v) is 5.15. The van der Waals surface area contributed by atoms with Gasteiger partial charge in [0.1, 0.15) is 5.69 Å². The van der Waals surface area contributed by atoms with Gasteiger partial charge >= 0.3 is 6.18 Å². The van der Waals surface area contributed by atoms with Crippen LogP contribution in [0, 0.1) is 0 Å². The van der Waals surface area contributed by atoms with Crippen LogP contribution in [0.4, 0.5) is 19.1 Å². The first-order valence-corrected chi connectivity index (χ1v) is 11.8. The van der Waals surface area contributed by atoms with Crippen LogP contribution in [0.2, 0.25) is 0 Å². The number of rotatable bonds is 4. The number of aromatic nitrogens is 3. The SMILES string of the molecule is O=C(Nc1nc2ccccc2[nH]1)c1csc(C2CCN(C(=O)c3ccccc3C(F)(F)F)CC2)n1. The first-order chi connectivity index (χ1) is 16.8. The van der Waals surface area contributed by atoms with E-state index in [9.17, 15) is 22.8 Å². The lowest BCUT2D eigenvalue weighted by Gasteiger charge is -2.31. The molecule has 0 aliphatic carbocycles. The Labute approximate surface area is 202 Å². The molecule has 0 spiro atoms. The minimum absolute atomic E-state index is 0.0228. The molecule has 2 aromatic carbocycles. The number of hydrogen-bond acceptors (Lipinski definition) is 5. The summed E-state index contributed by atoms with van der Waals surface area (Å²) in [5.41, 5.74) is 0.550. The van der Waals surface area contributed by atoms with E-state index < -0.39 is 17.6 Å². The Balaban J connectivity index is 1.22. The molecule has 0 atom stereocenters. The van der Waals surface area contributed by atoms with E-state index in [0.29, 0.717) is 31.9 Å². The number of aromatic amines is 1. The molecular formula is C24H20F3N5O2S. The molecule has 180 valence electrons. The number of anilines is 1. The predicted octanol–water partition coefficient (Wildman–Crippen LogP) is 5.31. The Morgan fingerprint density at radius 1 is 1.03 bits per heavy atom. The lowest BCUT2D eigenvalue weighted by Crippen LogP contribution is -2.38. The summed E-state index contributed by atoms with van der Waals surface area (Å²) >= 11 is 1.36. The number of piperidine rings is 1. The van der Waals surface area contributed by atoms with Crippen LogP contribution >= 0.6 is 11.3 Å². The molecule has 1 fully saturated rings. The Hall–Kier alpha value is -3.73. The summed E-state index contributed by atoms with van der Waals surface area (Å²) in [6, 6.07) is 12.3. The number of para-hydroxylation sites is 2. The third-order valence-corrected chi connectivity index (χ3v) is 6.98. The number of benzene rings is 2. The van der Waals surface area contributed by atoms with E-state index in [1.807, 2.05) is 24.3 Å². The second-order valence-electron chi connectivity index (χ2n) is 8.24. The van der Waals surface area contributed by atoms with Crippen LogP contribution < -0.4 is 5.32 Å². The number of amides is 2. The fraction of sp³-hybridized carbons (Fsp3) is 0.250. The second-order valence-corrected chi connectivity index (χ2v) is 9.13. The van der Waals surface area contributed by atoms with E-state index in [1.54, 1.807) is 5.38 Å². The normalized spacial score (nSPS) is 14.9. The minimum atomic E-state index is -4.59. The van der Waals surface area contributed by atoms with E-state index in [4.69, 9.17) is 0 Å². The van der Waals surface area contributed by atoms with Crippen molar-refractivity contribution in [2.24, 2.45) is 0 Å². The van der Waals surface area contributed by atoms with Crippen molar-refractivity contribution in [3.05, 3.63) is 75.7 Å². The number of imidazole rings is 1. The molecule has 2 N–H and O–H groups in total. The molecule has 2 aromatic heterocycles. The van der Waals surface area contributed by atoms with Gasteiger partial charge in [0.05, 0.1) is 27.2 Å². The van der Waals surface area contributed by atoms with Crippen LogP contribution in [0.1, 0.15) is 50.2 Å². The molecule has 0 bridgehead atoms. The highest BCUT2D eigenvalue weighted by Gasteiger charge is 2.36. The molecule has 0 unspecified atom stereocenters. The van der Waals surface area contributed by atoms with Crippen LogP contribution in [0.15, 0.2) is 53.9 Å². The molecular weight excluding hydrogens is 479 g/mol. The highest BCUT2D eigenvalue weighted by Crippen LogP contribution is 2.34. The average molecular weight is 500 g/mol. The van der Waals surface area contributed by atoms with Gasteiger partial charge in [0.2, 0.25) is 5.95 Å². The molecule has 0 radical (unpaired) electrons. The van der Waals surface area contributed by atoms with E-state index in [-0.39, 0.29) is 23.1 Å². The van der Waals surface area contributed by atoms with Crippen LogP contribution in [0.5, 0.6) is 0 Å². The number of hydrogen-bond donors (Lipinski definition) is 2. The summed E-state index contributed by atoms with van der Waals surface area (Å²) in [7, 11) is 0. The van der Waals surface area contributed by atoms with Gasteiger partial charge in [-0.2, -0.15) is 13.2 Å². The molecule has 7 nitrogen and oxygen atoms in total. The van der Waals surface area contributed by atoms with Crippen molar-refractivity contribution in [2.75, 3.05) is 18.4 Å². The highest BCUT2D eigenvalue weighted by atomic mass is 32.1. The van der Waals surface area contributed by atoms with Crippen molar-refractivity contribution in [1.29, 1.82) is 0 Å². The first-order valence-electron chi connectivity index (χ1n) is 11.0. The van der Waals surface area contributed by atoms with Crippen molar-refractivity contribution >= 4 is 40.1 Å². The molecule has 11 heteroatoms. The molecule has 4 aromatic rings. The summed E-state index contributed by atoms with van der Waals surface area (Å²) in [6.45, 7) is 0.631. The standard InChI is InChI=1S/C24H20F3N5O2S/c25-24(26,27)16-6-2-1-5-15(16)22(34)32-11-9-14(10-12-32)21-28-19(13-35-21)20(33)31-23-29-17-7-3-4-8-18(17)30-23/h1-8,13-14H,9-12H2,(H2,29,30,31,33). The average Bonchev–Trinajstić information content (AvgIpc) is 3.50. The Kier molecular flexibility index (Phi) is 6.01. The van der Waals surface area contributed by atoms with Gasteiger partial charge in [-0.3, -0.25) is 14.9 Å². The van der Waals surface area contributed by atoms with Crippen LogP contribution in [-0.4, -0.2) is 44.8 Å². The molecule has 2 amide bonds. The molecule has 0 saturated carbocycles. The number of fused-ring (bicyclic) bond motifs is 1. The number of likely N-dealkylation sites (tertiary alicyclic amines) is 1. The maximum absolute atomic E-state index is 13.3.